The van der Waals surface area contributed by atoms with E-state index in [2.05, 4.69) is 5.32 Å². The molecule has 0 bridgehead atoms. The maximum Gasteiger partial charge on any atom is 0.271 e. The number of amides is 1. The van der Waals surface area contributed by atoms with Gasteiger partial charge in [-0.15, -0.1) is 0 Å². The zero-order chi connectivity index (χ0) is 15.7. The quantitative estimate of drug-likeness (QED) is 0.841. The van der Waals surface area contributed by atoms with Crippen LogP contribution in [-0.4, -0.2) is 30.6 Å². The van der Waals surface area contributed by atoms with Crippen molar-refractivity contribution in [1.82, 2.24) is 5.32 Å². The lowest BCUT2D eigenvalue weighted by Gasteiger charge is -2.46. The highest BCUT2D eigenvalue weighted by Gasteiger charge is 2.47. The number of hydrogen-bond donors (Lipinski definition) is 2. The molecular formula is C17H25N3O2. The SMILES string of the molecule is CCC1(CC)Oc2cc(N)ccc2N(C2CCNCC2)C1=O. The zero-order valence-electron chi connectivity index (χ0n) is 13.4. The summed E-state index contributed by atoms with van der Waals surface area (Å²) in [6, 6.07) is 5.84. The second kappa shape index (κ2) is 5.80. The first kappa shape index (κ1) is 15.2. The summed E-state index contributed by atoms with van der Waals surface area (Å²) >= 11 is 0. The number of hydrogen-bond acceptors (Lipinski definition) is 4. The molecule has 120 valence electrons. The van der Waals surface area contributed by atoms with Crippen LogP contribution in [0.5, 0.6) is 5.75 Å². The van der Waals surface area contributed by atoms with Gasteiger partial charge in [-0.3, -0.25) is 4.79 Å². The highest BCUT2D eigenvalue weighted by molar-refractivity contribution is 6.03. The number of piperidine rings is 1. The Morgan fingerprint density at radius 1 is 1.32 bits per heavy atom. The monoisotopic (exact) mass is 303 g/mol. The first-order valence-corrected chi connectivity index (χ1v) is 8.24. The molecule has 0 atom stereocenters. The summed E-state index contributed by atoms with van der Waals surface area (Å²) in [6.45, 7) is 5.92. The Kier molecular flexibility index (Phi) is 4.00. The number of rotatable bonds is 3. The van der Waals surface area contributed by atoms with Crippen LogP contribution >= 0.6 is 0 Å². The Morgan fingerprint density at radius 2 is 2.00 bits per heavy atom. The molecule has 1 aromatic carbocycles. The fourth-order valence-corrected chi connectivity index (χ4v) is 3.52. The van der Waals surface area contributed by atoms with Crippen LogP contribution in [0.1, 0.15) is 39.5 Å². The van der Waals surface area contributed by atoms with Crippen molar-refractivity contribution in [3.8, 4) is 5.75 Å². The third-order valence-corrected chi connectivity index (χ3v) is 4.97. The van der Waals surface area contributed by atoms with E-state index in [9.17, 15) is 4.79 Å². The minimum Gasteiger partial charge on any atom is -0.475 e. The van der Waals surface area contributed by atoms with Gasteiger partial charge in [-0.1, -0.05) is 13.8 Å². The van der Waals surface area contributed by atoms with Crippen LogP contribution in [0.4, 0.5) is 11.4 Å². The van der Waals surface area contributed by atoms with Crippen molar-refractivity contribution >= 4 is 17.3 Å². The van der Waals surface area contributed by atoms with Gasteiger partial charge in [-0.25, -0.2) is 0 Å². The van der Waals surface area contributed by atoms with Crippen LogP contribution in [0.3, 0.4) is 0 Å². The second-order valence-corrected chi connectivity index (χ2v) is 6.19. The van der Waals surface area contributed by atoms with Gasteiger partial charge >= 0.3 is 0 Å². The van der Waals surface area contributed by atoms with E-state index in [4.69, 9.17) is 10.5 Å². The molecule has 0 saturated carbocycles. The Morgan fingerprint density at radius 3 is 2.64 bits per heavy atom. The van der Waals surface area contributed by atoms with Crippen molar-refractivity contribution in [2.24, 2.45) is 0 Å². The molecule has 22 heavy (non-hydrogen) atoms. The topological polar surface area (TPSA) is 67.6 Å². The number of nitrogens with zero attached hydrogens (tertiary/aromatic N) is 1. The second-order valence-electron chi connectivity index (χ2n) is 6.19. The van der Waals surface area contributed by atoms with Crippen LogP contribution in [0, 0.1) is 0 Å². The lowest BCUT2D eigenvalue weighted by atomic mass is 9.90. The molecule has 2 heterocycles. The third-order valence-electron chi connectivity index (χ3n) is 4.97. The van der Waals surface area contributed by atoms with E-state index in [0.29, 0.717) is 18.5 Å². The Hall–Kier alpha value is -1.75. The van der Waals surface area contributed by atoms with Crippen molar-refractivity contribution in [2.75, 3.05) is 23.7 Å². The van der Waals surface area contributed by atoms with E-state index >= 15 is 0 Å². The molecule has 0 aromatic heterocycles. The Balaban J connectivity index is 2.07. The molecule has 1 saturated heterocycles. The van der Waals surface area contributed by atoms with Crippen molar-refractivity contribution in [2.45, 2.75) is 51.2 Å². The molecule has 2 aliphatic rings. The van der Waals surface area contributed by atoms with Crippen molar-refractivity contribution in [1.29, 1.82) is 0 Å². The largest absolute Gasteiger partial charge is 0.475 e. The summed E-state index contributed by atoms with van der Waals surface area (Å²) in [6.07, 6.45) is 3.27. The fourth-order valence-electron chi connectivity index (χ4n) is 3.52. The number of ether oxygens (including phenoxy) is 1. The molecule has 1 aromatic rings. The van der Waals surface area contributed by atoms with E-state index in [1.165, 1.54) is 0 Å². The summed E-state index contributed by atoms with van der Waals surface area (Å²) in [5.41, 5.74) is 6.69. The smallest absolute Gasteiger partial charge is 0.271 e. The summed E-state index contributed by atoms with van der Waals surface area (Å²) in [5.74, 6) is 0.837. The molecule has 3 rings (SSSR count). The molecule has 2 aliphatic heterocycles. The molecule has 3 N–H and O–H groups in total. The predicted molar refractivity (Wildman–Crippen MR) is 88.2 cm³/mol. The summed E-state index contributed by atoms with van der Waals surface area (Å²) in [4.78, 5) is 15.2. The number of carbonyl (C=O) groups is 1. The number of nitrogens with two attached hydrogens (primary N) is 1. The zero-order valence-corrected chi connectivity index (χ0v) is 13.4. The molecule has 0 radical (unpaired) electrons. The van der Waals surface area contributed by atoms with Gasteiger partial charge in [0.1, 0.15) is 5.75 Å². The maximum absolute atomic E-state index is 13.2. The van der Waals surface area contributed by atoms with Crippen LogP contribution in [0.15, 0.2) is 18.2 Å². The van der Waals surface area contributed by atoms with Gasteiger partial charge in [0.05, 0.1) is 5.69 Å². The first-order chi connectivity index (χ1) is 10.6. The molecule has 5 heteroatoms. The molecule has 5 nitrogen and oxygen atoms in total. The standard InChI is InChI=1S/C17H25N3O2/c1-3-17(4-2)16(21)20(13-7-9-19-10-8-13)14-6-5-12(18)11-15(14)22-17/h5-6,11,13,19H,3-4,7-10,18H2,1-2H3. The number of anilines is 2. The summed E-state index contributed by atoms with van der Waals surface area (Å²) in [7, 11) is 0. The van der Waals surface area contributed by atoms with Crippen molar-refractivity contribution < 1.29 is 9.53 Å². The predicted octanol–water partition coefficient (Wildman–Crippen LogP) is 2.31. The average Bonchev–Trinajstić information content (AvgIpc) is 2.55. The van der Waals surface area contributed by atoms with E-state index in [1.807, 2.05) is 36.9 Å². The normalized spacial score (nSPS) is 21.4. The van der Waals surface area contributed by atoms with Gasteiger partial charge in [0, 0.05) is 17.8 Å². The minimum atomic E-state index is -0.758. The molecular weight excluding hydrogens is 278 g/mol. The van der Waals surface area contributed by atoms with Gasteiger partial charge < -0.3 is 20.7 Å². The van der Waals surface area contributed by atoms with Gasteiger partial charge in [-0.2, -0.15) is 0 Å². The average molecular weight is 303 g/mol. The van der Waals surface area contributed by atoms with E-state index in [-0.39, 0.29) is 11.9 Å². The number of fused-ring (bicyclic) bond motifs is 1. The lowest BCUT2D eigenvalue weighted by Crippen LogP contribution is -2.59. The number of nitrogens with one attached hydrogen (secondary N) is 1. The maximum atomic E-state index is 13.2. The van der Waals surface area contributed by atoms with Gasteiger partial charge in [0.2, 0.25) is 0 Å². The van der Waals surface area contributed by atoms with Crippen molar-refractivity contribution in [3.63, 3.8) is 0 Å². The summed E-state index contributed by atoms with van der Waals surface area (Å²) < 4.78 is 6.15. The van der Waals surface area contributed by atoms with Crippen LogP contribution in [-0.2, 0) is 4.79 Å². The third kappa shape index (κ3) is 2.33. The highest BCUT2D eigenvalue weighted by Crippen LogP contribution is 2.43. The van der Waals surface area contributed by atoms with E-state index in [0.717, 1.165) is 37.4 Å². The lowest BCUT2D eigenvalue weighted by molar-refractivity contribution is -0.137. The molecule has 0 spiro atoms. The number of nitrogen functional groups attached to an aromatic ring is 1. The number of carbonyl (C=O) groups excluding carboxylic acids is 1. The molecule has 0 unspecified atom stereocenters. The van der Waals surface area contributed by atoms with Gasteiger partial charge in [-0.05, 0) is 50.9 Å². The van der Waals surface area contributed by atoms with Gasteiger partial charge in [0.15, 0.2) is 5.60 Å². The molecule has 0 aliphatic carbocycles. The fraction of sp³-hybridized carbons (Fsp3) is 0.588. The highest BCUT2D eigenvalue weighted by atomic mass is 16.5. The molecule has 1 fully saturated rings. The van der Waals surface area contributed by atoms with Gasteiger partial charge in [0.25, 0.3) is 5.91 Å². The van der Waals surface area contributed by atoms with E-state index in [1.54, 1.807) is 0 Å². The van der Waals surface area contributed by atoms with Crippen LogP contribution in [0.25, 0.3) is 0 Å². The Bertz CT molecular complexity index is 563. The van der Waals surface area contributed by atoms with Crippen LogP contribution < -0.4 is 20.7 Å². The van der Waals surface area contributed by atoms with E-state index < -0.39 is 5.60 Å². The number of benzene rings is 1. The van der Waals surface area contributed by atoms with Crippen LogP contribution in [0.2, 0.25) is 0 Å². The van der Waals surface area contributed by atoms with Crippen molar-refractivity contribution in [3.05, 3.63) is 18.2 Å². The molecule has 1 amide bonds. The minimum absolute atomic E-state index is 0.0988. The first-order valence-electron chi connectivity index (χ1n) is 8.24. The Labute approximate surface area is 131 Å². The summed E-state index contributed by atoms with van der Waals surface area (Å²) in [5, 5.41) is 3.36.